The van der Waals surface area contributed by atoms with Crippen molar-refractivity contribution in [1.29, 1.82) is 0 Å². The molecule has 1 fully saturated rings. The number of rotatable bonds is 6. The van der Waals surface area contributed by atoms with Gasteiger partial charge in [0.25, 0.3) is 0 Å². The number of hydrogen-bond acceptors (Lipinski definition) is 5. The van der Waals surface area contributed by atoms with Crippen LogP contribution in [0.5, 0.6) is 11.5 Å². The van der Waals surface area contributed by atoms with Crippen molar-refractivity contribution >= 4 is 29.1 Å². The number of amides is 2. The third-order valence-corrected chi connectivity index (χ3v) is 4.82. The molecule has 26 heavy (non-hydrogen) atoms. The zero-order chi connectivity index (χ0) is 19.3. The minimum absolute atomic E-state index is 0.0456. The lowest BCUT2D eigenvalue weighted by molar-refractivity contribution is -0.132. The number of carbonyl (C=O) groups is 2. The van der Waals surface area contributed by atoms with E-state index in [1.165, 1.54) is 26.0 Å². The first kappa shape index (κ1) is 20.3. The van der Waals surface area contributed by atoms with Crippen molar-refractivity contribution in [2.24, 2.45) is 0 Å². The first-order chi connectivity index (χ1) is 12.4. The number of piperazine rings is 1. The van der Waals surface area contributed by atoms with E-state index in [2.05, 4.69) is 4.90 Å². The minimum atomic E-state index is -0.182. The van der Waals surface area contributed by atoms with Gasteiger partial charge in [-0.05, 0) is 7.05 Å². The molecule has 1 aliphatic rings. The molecule has 0 saturated carbocycles. The van der Waals surface area contributed by atoms with Gasteiger partial charge >= 0.3 is 0 Å². The minimum Gasteiger partial charge on any atom is -0.495 e. The fraction of sp³-hybridized carbons (Fsp3) is 0.556. The van der Waals surface area contributed by atoms with Crippen LogP contribution < -0.4 is 14.4 Å². The van der Waals surface area contributed by atoms with Crippen molar-refractivity contribution in [2.45, 2.75) is 13.3 Å². The van der Waals surface area contributed by atoms with Gasteiger partial charge in [-0.25, -0.2) is 0 Å². The van der Waals surface area contributed by atoms with Gasteiger partial charge in [0.05, 0.1) is 24.9 Å². The summed E-state index contributed by atoms with van der Waals surface area (Å²) in [7, 11) is 5.06. The molecule has 8 heteroatoms. The number of benzene rings is 1. The van der Waals surface area contributed by atoms with Gasteiger partial charge in [-0.1, -0.05) is 11.6 Å². The van der Waals surface area contributed by atoms with Crippen LogP contribution in [0.2, 0.25) is 5.02 Å². The smallest absolute Gasteiger partial charge is 0.224 e. The number of halogens is 1. The van der Waals surface area contributed by atoms with Crippen molar-refractivity contribution < 1.29 is 19.1 Å². The number of methoxy groups -OCH3 is 2. The molecule has 0 atom stereocenters. The van der Waals surface area contributed by atoms with Crippen molar-refractivity contribution in [1.82, 2.24) is 9.80 Å². The number of hydrogen-bond donors (Lipinski definition) is 0. The molecule has 0 bridgehead atoms. The zero-order valence-corrected chi connectivity index (χ0v) is 16.5. The van der Waals surface area contributed by atoms with E-state index in [1.807, 2.05) is 11.9 Å². The SMILES string of the molecule is COc1cc(N(CCC(=O)N2CCN(C)CC2)C(C)=O)c(OC)cc1Cl. The molecule has 1 heterocycles. The Kier molecular flexibility index (Phi) is 7.11. The van der Waals surface area contributed by atoms with Crippen molar-refractivity contribution in [3.8, 4) is 11.5 Å². The summed E-state index contributed by atoms with van der Waals surface area (Å²) in [5.41, 5.74) is 0.535. The molecule has 1 aliphatic heterocycles. The molecule has 2 rings (SSSR count). The van der Waals surface area contributed by atoms with Crippen LogP contribution in [0.1, 0.15) is 13.3 Å². The fourth-order valence-corrected chi connectivity index (χ4v) is 3.16. The average molecular weight is 384 g/mol. The molecule has 1 aromatic carbocycles. The maximum atomic E-state index is 12.5. The number of nitrogens with zero attached hydrogens (tertiary/aromatic N) is 3. The molecular formula is C18H26ClN3O4. The average Bonchev–Trinajstić information content (AvgIpc) is 2.62. The third kappa shape index (κ3) is 4.80. The quantitative estimate of drug-likeness (QED) is 0.750. The van der Waals surface area contributed by atoms with Gasteiger partial charge in [0.2, 0.25) is 11.8 Å². The Labute approximate surface area is 159 Å². The van der Waals surface area contributed by atoms with E-state index < -0.39 is 0 Å². The molecule has 0 N–H and O–H groups in total. The number of anilines is 1. The van der Waals surface area contributed by atoms with Crippen LogP contribution in [0, 0.1) is 0 Å². The summed E-state index contributed by atoms with van der Waals surface area (Å²) in [6.45, 7) is 4.89. The summed E-state index contributed by atoms with van der Waals surface area (Å²) in [6, 6.07) is 3.26. The summed E-state index contributed by atoms with van der Waals surface area (Å²) in [4.78, 5) is 30.2. The summed E-state index contributed by atoms with van der Waals surface area (Å²) >= 11 is 6.13. The Morgan fingerprint density at radius 2 is 1.73 bits per heavy atom. The lowest BCUT2D eigenvalue weighted by Gasteiger charge is -2.33. The molecule has 2 amide bonds. The second-order valence-electron chi connectivity index (χ2n) is 6.26. The monoisotopic (exact) mass is 383 g/mol. The standard InChI is InChI=1S/C18H26ClN3O4/c1-13(23)22(6-5-18(24)21-9-7-20(2)8-10-21)15-12-16(25-3)14(19)11-17(15)26-4/h11-12H,5-10H2,1-4H3. The summed E-state index contributed by atoms with van der Waals surface area (Å²) in [6.07, 6.45) is 0.247. The Hall–Kier alpha value is -1.99. The number of carbonyl (C=O) groups excluding carboxylic acids is 2. The predicted molar refractivity (Wildman–Crippen MR) is 101 cm³/mol. The molecule has 1 saturated heterocycles. The third-order valence-electron chi connectivity index (χ3n) is 4.53. The highest BCUT2D eigenvalue weighted by atomic mass is 35.5. The van der Waals surface area contributed by atoms with E-state index >= 15 is 0 Å². The van der Waals surface area contributed by atoms with E-state index in [9.17, 15) is 9.59 Å². The zero-order valence-electron chi connectivity index (χ0n) is 15.7. The van der Waals surface area contributed by atoms with Gasteiger partial charge < -0.3 is 24.2 Å². The van der Waals surface area contributed by atoms with Gasteiger partial charge in [-0.2, -0.15) is 0 Å². The van der Waals surface area contributed by atoms with Gasteiger partial charge in [0.15, 0.2) is 0 Å². The van der Waals surface area contributed by atoms with Crippen LogP contribution in [-0.2, 0) is 9.59 Å². The summed E-state index contributed by atoms with van der Waals surface area (Å²) in [5, 5.41) is 0.394. The molecule has 0 aliphatic carbocycles. The van der Waals surface area contributed by atoms with E-state index in [4.69, 9.17) is 21.1 Å². The first-order valence-electron chi connectivity index (χ1n) is 8.53. The van der Waals surface area contributed by atoms with Crippen molar-refractivity contribution in [2.75, 3.05) is 58.9 Å². The van der Waals surface area contributed by atoms with Gasteiger partial charge in [0.1, 0.15) is 11.5 Å². The molecule has 0 spiro atoms. The van der Waals surface area contributed by atoms with Crippen LogP contribution >= 0.6 is 11.6 Å². The summed E-state index contributed by atoms with van der Waals surface area (Å²) in [5.74, 6) is 0.764. The molecule has 0 unspecified atom stereocenters. The first-order valence-corrected chi connectivity index (χ1v) is 8.91. The van der Waals surface area contributed by atoms with Gasteiger partial charge in [-0.15, -0.1) is 0 Å². The van der Waals surface area contributed by atoms with E-state index in [0.717, 1.165) is 13.1 Å². The van der Waals surface area contributed by atoms with E-state index in [0.29, 0.717) is 35.3 Å². The molecule has 144 valence electrons. The molecule has 7 nitrogen and oxygen atoms in total. The van der Waals surface area contributed by atoms with Crippen LogP contribution in [0.3, 0.4) is 0 Å². The topological polar surface area (TPSA) is 62.3 Å². The highest BCUT2D eigenvalue weighted by molar-refractivity contribution is 6.32. The largest absolute Gasteiger partial charge is 0.495 e. The lowest BCUT2D eigenvalue weighted by atomic mass is 10.2. The van der Waals surface area contributed by atoms with E-state index in [-0.39, 0.29) is 24.8 Å². The Bertz CT molecular complexity index is 660. The number of ether oxygens (including phenoxy) is 2. The van der Waals surface area contributed by atoms with Crippen LogP contribution in [0.25, 0.3) is 0 Å². The molecule has 0 aromatic heterocycles. The Balaban J connectivity index is 2.14. The van der Waals surface area contributed by atoms with Crippen LogP contribution in [-0.4, -0.2) is 75.6 Å². The molecule has 0 radical (unpaired) electrons. The van der Waals surface area contributed by atoms with E-state index in [1.54, 1.807) is 12.1 Å². The summed E-state index contributed by atoms with van der Waals surface area (Å²) < 4.78 is 10.6. The highest BCUT2D eigenvalue weighted by Crippen LogP contribution is 2.38. The van der Waals surface area contributed by atoms with Gasteiger partial charge in [-0.3, -0.25) is 9.59 Å². The molecule has 1 aromatic rings. The maximum Gasteiger partial charge on any atom is 0.224 e. The predicted octanol–water partition coefficient (Wildman–Crippen LogP) is 1.87. The second kappa shape index (κ2) is 9.09. The fourth-order valence-electron chi connectivity index (χ4n) is 2.92. The van der Waals surface area contributed by atoms with Crippen molar-refractivity contribution in [3.05, 3.63) is 17.2 Å². The van der Waals surface area contributed by atoms with Crippen molar-refractivity contribution in [3.63, 3.8) is 0 Å². The normalized spacial score (nSPS) is 14.9. The van der Waals surface area contributed by atoms with Gasteiger partial charge in [0, 0.05) is 58.2 Å². The lowest BCUT2D eigenvalue weighted by Crippen LogP contribution is -2.47. The Morgan fingerprint density at radius 3 is 2.27 bits per heavy atom. The van der Waals surface area contributed by atoms with Crippen LogP contribution in [0.15, 0.2) is 12.1 Å². The highest BCUT2D eigenvalue weighted by Gasteiger charge is 2.23. The Morgan fingerprint density at radius 1 is 1.12 bits per heavy atom. The second-order valence-corrected chi connectivity index (χ2v) is 6.67. The maximum absolute atomic E-state index is 12.5. The van der Waals surface area contributed by atoms with Crippen LogP contribution in [0.4, 0.5) is 5.69 Å². The number of likely N-dealkylation sites (N-methyl/N-ethyl adjacent to an activating group) is 1. The molecular weight excluding hydrogens is 358 g/mol.